The summed E-state index contributed by atoms with van der Waals surface area (Å²) in [6.45, 7) is 2.40. The molecule has 19 heavy (non-hydrogen) atoms. The Morgan fingerprint density at radius 2 is 2.00 bits per heavy atom. The number of H-pyrrole nitrogens is 1. The lowest BCUT2D eigenvalue weighted by atomic mass is 10.1. The highest BCUT2D eigenvalue weighted by Crippen LogP contribution is 2.06. The zero-order chi connectivity index (χ0) is 13.7. The molecule has 0 radical (unpaired) electrons. The molecular weight excluding hydrogens is 242 g/mol. The van der Waals surface area contributed by atoms with Crippen LogP contribution in [0.1, 0.15) is 11.1 Å². The molecule has 0 bridgehead atoms. The van der Waals surface area contributed by atoms with Gasteiger partial charge in [0.05, 0.1) is 0 Å². The van der Waals surface area contributed by atoms with Crippen LogP contribution in [0.15, 0.2) is 47.4 Å². The molecule has 0 aliphatic heterocycles. The van der Waals surface area contributed by atoms with Gasteiger partial charge < -0.3 is 15.6 Å². The second-order valence-corrected chi connectivity index (χ2v) is 4.15. The molecule has 2 amide bonds. The molecule has 5 heteroatoms. The third kappa shape index (κ3) is 3.45. The van der Waals surface area contributed by atoms with Gasteiger partial charge in [0.15, 0.2) is 0 Å². The fourth-order valence-corrected chi connectivity index (χ4v) is 1.67. The molecule has 0 aliphatic carbocycles. The van der Waals surface area contributed by atoms with Crippen LogP contribution in [-0.4, -0.2) is 11.0 Å². The number of aromatic nitrogens is 1. The van der Waals surface area contributed by atoms with Gasteiger partial charge in [0.25, 0.3) is 5.56 Å². The molecule has 98 valence electrons. The molecule has 2 aromatic rings. The largest absolute Gasteiger partial charge is 0.334 e. The zero-order valence-corrected chi connectivity index (χ0v) is 10.6. The number of benzene rings is 1. The Morgan fingerprint density at radius 1 is 1.21 bits per heavy atom. The van der Waals surface area contributed by atoms with E-state index in [4.69, 9.17) is 0 Å². The molecule has 5 nitrogen and oxygen atoms in total. The smallest absolute Gasteiger partial charge is 0.319 e. The summed E-state index contributed by atoms with van der Waals surface area (Å²) >= 11 is 0. The Bertz CT molecular complexity index is 634. The van der Waals surface area contributed by atoms with Crippen LogP contribution in [0.5, 0.6) is 0 Å². The van der Waals surface area contributed by atoms with Crippen LogP contribution in [-0.2, 0) is 6.54 Å². The number of hydrogen-bond donors (Lipinski definition) is 3. The van der Waals surface area contributed by atoms with Crippen LogP contribution in [0.3, 0.4) is 0 Å². The van der Waals surface area contributed by atoms with Gasteiger partial charge in [-0.05, 0) is 30.2 Å². The summed E-state index contributed by atoms with van der Waals surface area (Å²) in [5.41, 5.74) is 2.05. The van der Waals surface area contributed by atoms with Crippen molar-refractivity contribution in [1.82, 2.24) is 10.3 Å². The minimum absolute atomic E-state index is 0.227. The molecule has 1 aromatic carbocycles. The van der Waals surface area contributed by atoms with E-state index in [-0.39, 0.29) is 11.2 Å². The Morgan fingerprint density at radius 3 is 2.74 bits per heavy atom. The summed E-state index contributed by atoms with van der Waals surface area (Å²) in [6.07, 6.45) is 1.51. The number of nitrogens with one attached hydrogen (secondary N) is 3. The van der Waals surface area contributed by atoms with E-state index in [1.165, 1.54) is 6.20 Å². The predicted molar refractivity (Wildman–Crippen MR) is 74.1 cm³/mol. The zero-order valence-electron chi connectivity index (χ0n) is 10.6. The molecular formula is C14H15N3O2. The first kappa shape index (κ1) is 12.9. The topological polar surface area (TPSA) is 74.0 Å². The average molecular weight is 257 g/mol. The summed E-state index contributed by atoms with van der Waals surface area (Å²) in [5, 5.41) is 5.22. The van der Waals surface area contributed by atoms with Crippen LogP contribution in [0, 0.1) is 6.92 Å². The number of carbonyl (C=O) groups is 1. The molecule has 1 heterocycles. The van der Waals surface area contributed by atoms with Crippen LogP contribution in [0.4, 0.5) is 10.5 Å². The lowest BCUT2D eigenvalue weighted by Gasteiger charge is -2.08. The molecule has 1 aromatic heterocycles. The summed E-state index contributed by atoms with van der Waals surface area (Å²) in [5.74, 6) is 0. The summed E-state index contributed by atoms with van der Waals surface area (Å²) in [6, 6.07) is 10.6. The van der Waals surface area contributed by atoms with Gasteiger partial charge in [-0.2, -0.15) is 0 Å². The average Bonchev–Trinajstić information content (AvgIpc) is 2.40. The van der Waals surface area contributed by atoms with Crippen molar-refractivity contribution in [1.29, 1.82) is 0 Å². The maximum atomic E-state index is 11.7. The first-order valence-electron chi connectivity index (χ1n) is 5.94. The second kappa shape index (κ2) is 5.86. The summed E-state index contributed by atoms with van der Waals surface area (Å²) < 4.78 is 0. The number of anilines is 1. The van der Waals surface area contributed by atoms with Crippen molar-refractivity contribution in [3.8, 4) is 0 Å². The maximum absolute atomic E-state index is 11.7. The van der Waals surface area contributed by atoms with E-state index in [9.17, 15) is 9.59 Å². The first-order chi connectivity index (χ1) is 9.16. The predicted octanol–water partition coefficient (Wildman–Crippen LogP) is 2.01. The monoisotopic (exact) mass is 257 g/mol. The quantitative estimate of drug-likeness (QED) is 0.786. The lowest BCUT2D eigenvalue weighted by molar-refractivity contribution is 0.251. The van der Waals surface area contributed by atoms with Crippen molar-refractivity contribution in [3.05, 3.63) is 64.1 Å². The fourth-order valence-electron chi connectivity index (χ4n) is 1.67. The van der Waals surface area contributed by atoms with E-state index in [1.54, 1.807) is 12.1 Å². The van der Waals surface area contributed by atoms with E-state index in [0.29, 0.717) is 6.54 Å². The third-order valence-electron chi connectivity index (χ3n) is 2.77. The minimum Gasteiger partial charge on any atom is -0.334 e. The van der Waals surface area contributed by atoms with Crippen LogP contribution in [0.25, 0.3) is 0 Å². The maximum Gasteiger partial charge on any atom is 0.319 e. The van der Waals surface area contributed by atoms with E-state index in [1.807, 2.05) is 31.2 Å². The third-order valence-corrected chi connectivity index (χ3v) is 2.77. The van der Waals surface area contributed by atoms with Gasteiger partial charge in [0.2, 0.25) is 0 Å². The summed E-state index contributed by atoms with van der Waals surface area (Å²) in [4.78, 5) is 25.5. The van der Waals surface area contributed by atoms with Gasteiger partial charge in [0, 0.05) is 12.7 Å². The highest BCUT2D eigenvalue weighted by molar-refractivity contribution is 5.88. The van der Waals surface area contributed by atoms with Crippen molar-refractivity contribution < 1.29 is 4.79 Å². The minimum atomic E-state index is -0.403. The normalized spacial score (nSPS) is 9.95. The molecule has 2 rings (SSSR count). The number of carbonyl (C=O) groups excluding carboxylic acids is 1. The number of pyridine rings is 1. The molecule has 0 fully saturated rings. The highest BCUT2D eigenvalue weighted by Gasteiger charge is 2.05. The van der Waals surface area contributed by atoms with E-state index < -0.39 is 6.03 Å². The van der Waals surface area contributed by atoms with Crippen LogP contribution >= 0.6 is 0 Å². The molecule has 0 aliphatic rings. The number of amides is 2. The van der Waals surface area contributed by atoms with Gasteiger partial charge in [-0.15, -0.1) is 0 Å². The van der Waals surface area contributed by atoms with Gasteiger partial charge >= 0.3 is 6.03 Å². The van der Waals surface area contributed by atoms with Crippen LogP contribution in [0.2, 0.25) is 0 Å². The Balaban J connectivity index is 1.94. The number of aromatic amines is 1. The first-order valence-corrected chi connectivity index (χ1v) is 5.94. The second-order valence-electron chi connectivity index (χ2n) is 4.15. The number of aryl methyl sites for hydroxylation is 1. The van der Waals surface area contributed by atoms with E-state index in [2.05, 4.69) is 15.6 Å². The van der Waals surface area contributed by atoms with Crippen LogP contribution < -0.4 is 16.2 Å². The number of rotatable bonds is 3. The number of hydrogen-bond acceptors (Lipinski definition) is 2. The number of urea groups is 1. The summed E-state index contributed by atoms with van der Waals surface area (Å²) in [7, 11) is 0. The molecule has 0 spiro atoms. The standard InChI is InChI=1S/C14H15N3O2/c1-10-5-2-3-6-11(10)9-16-14(19)17-12-7-4-8-15-13(12)18/h2-8H,9H2,1H3,(H,15,18)(H2,16,17,19). The Labute approximate surface area is 110 Å². The fraction of sp³-hybridized carbons (Fsp3) is 0.143. The van der Waals surface area contributed by atoms with Crippen molar-refractivity contribution in [2.75, 3.05) is 5.32 Å². The van der Waals surface area contributed by atoms with Crippen molar-refractivity contribution >= 4 is 11.7 Å². The highest BCUT2D eigenvalue weighted by atomic mass is 16.2. The SMILES string of the molecule is Cc1ccccc1CNC(=O)Nc1ccc[nH]c1=O. The Hall–Kier alpha value is -2.56. The van der Waals surface area contributed by atoms with Crippen molar-refractivity contribution in [2.24, 2.45) is 0 Å². The van der Waals surface area contributed by atoms with Gasteiger partial charge in [-0.25, -0.2) is 4.79 Å². The Kier molecular flexibility index (Phi) is 3.97. The molecule has 3 N–H and O–H groups in total. The van der Waals surface area contributed by atoms with Crippen molar-refractivity contribution in [2.45, 2.75) is 13.5 Å². The molecule has 0 atom stereocenters. The van der Waals surface area contributed by atoms with Crippen molar-refractivity contribution in [3.63, 3.8) is 0 Å². The van der Waals surface area contributed by atoms with E-state index in [0.717, 1.165) is 11.1 Å². The van der Waals surface area contributed by atoms with E-state index >= 15 is 0 Å². The van der Waals surface area contributed by atoms with Gasteiger partial charge in [-0.1, -0.05) is 24.3 Å². The van der Waals surface area contributed by atoms with Gasteiger partial charge in [0.1, 0.15) is 5.69 Å². The molecule has 0 saturated heterocycles. The van der Waals surface area contributed by atoms with Gasteiger partial charge in [-0.3, -0.25) is 4.79 Å². The molecule has 0 unspecified atom stereocenters. The molecule has 0 saturated carbocycles. The lowest BCUT2D eigenvalue weighted by Crippen LogP contribution is -2.30.